The number of hydrogen-bond donors (Lipinski definition) is 2. The third-order valence-electron chi connectivity index (χ3n) is 0.594. The van der Waals surface area contributed by atoms with Crippen LogP contribution in [0, 0.1) is 0 Å². The van der Waals surface area contributed by atoms with Crippen LogP contribution in [-0.4, -0.2) is 15.2 Å². The van der Waals surface area contributed by atoms with Gasteiger partial charge in [-0.25, -0.2) is 0 Å². The van der Waals surface area contributed by atoms with Gasteiger partial charge in [0.25, 0.3) is 0 Å². The summed E-state index contributed by atoms with van der Waals surface area (Å²) < 4.78 is 0. The van der Waals surface area contributed by atoms with Gasteiger partial charge in [-0.05, 0) is 0 Å². The lowest BCUT2D eigenvalue weighted by atomic mass is 10.7. The van der Waals surface area contributed by atoms with E-state index >= 15 is 0 Å². The van der Waals surface area contributed by atoms with Crippen LogP contribution in [0.3, 0.4) is 0 Å². The van der Waals surface area contributed by atoms with Crippen molar-refractivity contribution in [3.63, 3.8) is 0 Å². The second-order valence-electron chi connectivity index (χ2n) is 1.24. The largest absolute Gasteiger partial charge is 0.382 e. The van der Waals surface area contributed by atoms with Crippen LogP contribution in [0.15, 0.2) is 6.20 Å². The number of nitrogen functional groups attached to an aromatic ring is 2. The third-order valence-corrected chi connectivity index (χ3v) is 0.594. The minimum Gasteiger partial charge on any atom is -0.382 e. The van der Waals surface area contributed by atoms with Crippen LogP contribution < -0.4 is 11.5 Å². The van der Waals surface area contributed by atoms with Gasteiger partial charge in [0.1, 0.15) is 5.82 Å². The van der Waals surface area contributed by atoms with Crippen LogP contribution in [0.25, 0.3) is 0 Å². The summed E-state index contributed by atoms with van der Waals surface area (Å²) >= 11 is 0. The molecular weight excluding hydrogens is 106 g/mol. The van der Waals surface area contributed by atoms with Crippen LogP contribution in [0.5, 0.6) is 0 Å². The molecule has 0 saturated heterocycles. The minimum atomic E-state index is 0.102. The summed E-state index contributed by atoms with van der Waals surface area (Å²) in [4.78, 5) is 3.56. The maximum absolute atomic E-state index is 5.16. The van der Waals surface area contributed by atoms with Gasteiger partial charge in [-0.2, -0.15) is 10.1 Å². The van der Waals surface area contributed by atoms with Crippen molar-refractivity contribution in [3.05, 3.63) is 6.20 Å². The number of nitrogens with two attached hydrogens (primary N) is 2. The van der Waals surface area contributed by atoms with Crippen molar-refractivity contribution in [2.75, 3.05) is 11.5 Å². The molecule has 0 radical (unpaired) electrons. The Morgan fingerprint density at radius 3 is 2.50 bits per heavy atom. The summed E-state index contributed by atoms with van der Waals surface area (Å²) in [6.07, 6.45) is 1.33. The first-order valence-electron chi connectivity index (χ1n) is 2.00. The summed E-state index contributed by atoms with van der Waals surface area (Å²) in [5.74, 6) is 0.391. The normalized spacial score (nSPS) is 9.00. The SMILES string of the molecule is Nc1cnnc(N)n1. The van der Waals surface area contributed by atoms with Crippen LogP contribution in [0.1, 0.15) is 0 Å². The van der Waals surface area contributed by atoms with E-state index in [4.69, 9.17) is 11.5 Å². The quantitative estimate of drug-likeness (QED) is 0.449. The molecule has 1 aromatic heterocycles. The highest BCUT2D eigenvalue weighted by Crippen LogP contribution is 1.90. The van der Waals surface area contributed by atoms with Crippen LogP contribution in [0.4, 0.5) is 11.8 Å². The lowest BCUT2D eigenvalue weighted by molar-refractivity contribution is 0.992. The average Bonchev–Trinajstić information content (AvgIpc) is 1.64. The maximum Gasteiger partial charge on any atom is 0.242 e. The molecule has 0 aromatic carbocycles. The predicted octanol–water partition coefficient (Wildman–Crippen LogP) is -0.964. The molecule has 0 aliphatic carbocycles. The van der Waals surface area contributed by atoms with Crippen LogP contribution in [-0.2, 0) is 0 Å². The summed E-state index contributed by atoms with van der Waals surface area (Å²) in [6.45, 7) is 0. The van der Waals surface area contributed by atoms with Gasteiger partial charge < -0.3 is 11.5 Å². The number of aromatic nitrogens is 3. The summed E-state index contributed by atoms with van der Waals surface area (Å²) in [6, 6.07) is 0. The fourth-order valence-electron chi connectivity index (χ4n) is 0.331. The first kappa shape index (κ1) is 4.76. The standard InChI is InChI=1S/C3H5N5/c4-2-1-6-8-3(5)7-2/h1H,(H4,4,5,7,8). The van der Waals surface area contributed by atoms with Crippen molar-refractivity contribution in [2.24, 2.45) is 0 Å². The smallest absolute Gasteiger partial charge is 0.242 e. The lowest BCUT2D eigenvalue weighted by Crippen LogP contribution is -1.99. The molecule has 0 aliphatic rings. The summed E-state index contributed by atoms with van der Waals surface area (Å²) in [5.41, 5.74) is 10.3. The van der Waals surface area contributed by atoms with Gasteiger partial charge in [0.2, 0.25) is 5.95 Å². The highest BCUT2D eigenvalue weighted by atomic mass is 15.2. The highest BCUT2D eigenvalue weighted by molar-refractivity contribution is 5.27. The Hall–Kier alpha value is -1.39. The van der Waals surface area contributed by atoms with Gasteiger partial charge in [0.05, 0.1) is 6.20 Å². The number of nitrogens with zero attached hydrogens (tertiary/aromatic N) is 3. The first-order valence-corrected chi connectivity index (χ1v) is 2.00. The minimum absolute atomic E-state index is 0.102. The Morgan fingerprint density at radius 1 is 1.38 bits per heavy atom. The molecule has 8 heavy (non-hydrogen) atoms. The van der Waals surface area contributed by atoms with Gasteiger partial charge in [0.15, 0.2) is 0 Å². The zero-order chi connectivity index (χ0) is 5.98. The van der Waals surface area contributed by atoms with E-state index in [1.54, 1.807) is 0 Å². The van der Waals surface area contributed by atoms with Gasteiger partial charge in [-0.15, -0.1) is 5.10 Å². The van der Waals surface area contributed by atoms with Crippen molar-refractivity contribution < 1.29 is 0 Å². The number of anilines is 2. The van der Waals surface area contributed by atoms with Gasteiger partial charge in [0, 0.05) is 0 Å². The van der Waals surface area contributed by atoms with Crippen molar-refractivity contribution in [2.45, 2.75) is 0 Å². The second kappa shape index (κ2) is 1.61. The zero-order valence-electron chi connectivity index (χ0n) is 4.07. The number of hydrogen-bond acceptors (Lipinski definition) is 5. The van der Waals surface area contributed by atoms with Crippen LogP contribution in [0.2, 0.25) is 0 Å². The molecule has 1 aromatic rings. The van der Waals surface area contributed by atoms with E-state index in [-0.39, 0.29) is 11.8 Å². The monoisotopic (exact) mass is 111 g/mol. The Balaban J connectivity index is 3.08. The molecule has 0 unspecified atom stereocenters. The molecule has 4 N–H and O–H groups in total. The zero-order valence-corrected chi connectivity index (χ0v) is 4.07. The summed E-state index contributed by atoms with van der Waals surface area (Å²) in [7, 11) is 0. The lowest BCUT2D eigenvalue weighted by Gasteiger charge is -1.88. The highest BCUT2D eigenvalue weighted by Gasteiger charge is 1.86. The molecule has 5 nitrogen and oxygen atoms in total. The van der Waals surface area contributed by atoms with Gasteiger partial charge in [-0.3, -0.25) is 0 Å². The third kappa shape index (κ3) is 0.810. The summed E-state index contributed by atoms with van der Waals surface area (Å²) in [5, 5.41) is 6.80. The number of rotatable bonds is 0. The Bertz CT molecular complexity index is 168. The van der Waals surface area contributed by atoms with Crippen molar-refractivity contribution in [1.29, 1.82) is 0 Å². The molecule has 0 fully saturated rings. The fourth-order valence-corrected chi connectivity index (χ4v) is 0.331. The van der Waals surface area contributed by atoms with Crippen molar-refractivity contribution in [3.8, 4) is 0 Å². The van der Waals surface area contributed by atoms with E-state index < -0.39 is 0 Å². The van der Waals surface area contributed by atoms with Crippen LogP contribution >= 0.6 is 0 Å². The molecule has 0 amide bonds. The van der Waals surface area contributed by atoms with E-state index in [0.29, 0.717) is 0 Å². The molecular formula is C3H5N5. The Labute approximate surface area is 45.7 Å². The second-order valence-corrected chi connectivity index (χ2v) is 1.24. The first-order chi connectivity index (χ1) is 3.79. The Kier molecular flexibility index (Phi) is 0.957. The van der Waals surface area contributed by atoms with E-state index in [9.17, 15) is 0 Å². The average molecular weight is 111 g/mol. The van der Waals surface area contributed by atoms with Crippen molar-refractivity contribution in [1.82, 2.24) is 15.2 Å². The maximum atomic E-state index is 5.16. The molecule has 1 rings (SSSR count). The molecule has 1 heterocycles. The molecule has 0 aliphatic heterocycles. The molecule has 0 bridgehead atoms. The van der Waals surface area contributed by atoms with Crippen molar-refractivity contribution >= 4 is 11.8 Å². The van der Waals surface area contributed by atoms with E-state index in [2.05, 4.69) is 15.2 Å². The van der Waals surface area contributed by atoms with Gasteiger partial charge >= 0.3 is 0 Å². The molecule has 0 saturated carbocycles. The Morgan fingerprint density at radius 2 is 2.12 bits per heavy atom. The van der Waals surface area contributed by atoms with E-state index in [1.165, 1.54) is 6.20 Å². The predicted molar refractivity (Wildman–Crippen MR) is 28.7 cm³/mol. The molecule has 5 heteroatoms. The fraction of sp³-hybridized carbons (Fsp3) is 0. The van der Waals surface area contributed by atoms with Gasteiger partial charge in [-0.1, -0.05) is 0 Å². The van der Waals surface area contributed by atoms with E-state index in [1.807, 2.05) is 0 Å². The molecule has 0 atom stereocenters. The molecule has 42 valence electrons. The molecule has 0 spiro atoms. The topological polar surface area (TPSA) is 90.7 Å². The van der Waals surface area contributed by atoms with E-state index in [0.717, 1.165) is 0 Å².